The van der Waals surface area contributed by atoms with Crippen molar-refractivity contribution in [3.63, 3.8) is 0 Å². The molecule has 0 aliphatic rings. The Morgan fingerprint density at radius 2 is 1.18 bits per heavy atom. The van der Waals surface area contributed by atoms with Gasteiger partial charge in [0, 0.05) is 10.9 Å². The fraction of sp³-hybridized carbons (Fsp3) is 0.429. The van der Waals surface area contributed by atoms with Gasteiger partial charge < -0.3 is 4.74 Å². The van der Waals surface area contributed by atoms with Gasteiger partial charge in [-0.15, -0.1) is 0 Å². The van der Waals surface area contributed by atoms with Gasteiger partial charge in [-0.25, -0.2) is 22.0 Å². The number of ether oxygens (including phenoxy) is 1. The molecule has 2 aromatic rings. The third kappa shape index (κ3) is 4.17. The lowest BCUT2D eigenvalue weighted by Crippen LogP contribution is -2.24. The summed E-state index contributed by atoms with van der Waals surface area (Å²) in [6.07, 6.45) is 0. The molecule has 7 heteroatoms. The van der Waals surface area contributed by atoms with E-state index in [1.54, 1.807) is 6.07 Å². The van der Waals surface area contributed by atoms with E-state index in [0.29, 0.717) is 11.1 Å². The molecule has 0 N–H and O–H groups in total. The van der Waals surface area contributed by atoms with Crippen LogP contribution in [0.3, 0.4) is 0 Å². The fourth-order valence-electron chi connectivity index (χ4n) is 2.78. The van der Waals surface area contributed by atoms with Crippen LogP contribution in [0.25, 0.3) is 0 Å². The van der Waals surface area contributed by atoms with Crippen LogP contribution in [0.15, 0.2) is 12.1 Å². The summed E-state index contributed by atoms with van der Waals surface area (Å²) in [4.78, 5) is 0. The number of hydrogen-bond acceptors (Lipinski definition) is 1. The van der Waals surface area contributed by atoms with Crippen molar-refractivity contribution >= 4 is 19.2 Å². The lowest BCUT2D eigenvalue weighted by Gasteiger charge is -2.29. The number of halogens is 5. The Labute approximate surface area is 164 Å². The van der Waals surface area contributed by atoms with E-state index in [-0.39, 0.29) is 10.8 Å². The summed E-state index contributed by atoms with van der Waals surface area (Å²) >= 11 is 0. The average molecular weight is 418 g/mol. The maximum absolute atomic E-state index is 14.2. The molecule has 1 atom stereocenters. The molecule has 154 valence electrons. The van der Waals surface area contributed by atoms with Crippen LogP contribution in [0.4, 0.5) is 22.0 Å². The number of rotatable bonds is 3. The summed E-state index contributed by atoms with van der Waals surface area (Å²) in [6.45, 7) is 11.8. The Morgan fingerprint density at radius 3 is 1.57 bits per heavy atom. The van der Waals surface area contributed by atoms with E-state index in [2.05, 4.69) is 0 Å². The van der Waals surface area contributed by atoms with Gasteiger partial charge in [-0.3, -0.25) is 0 Å². The molecule has 0 amide bonds. The van der Waals surface area contributed by atoms with Crippen molar-refractivity contribution in [2.75, 3.05) is 7.11 Å². The topological polar surface area (TPSA) is 9.23 Å². The first kappa shape index (κ1) is 22.6. The maximum atomic E-state index is 14.2. The first-order valence-electron chi connectivity index (χ1n) is 8.71. The second-order valence-corrected chi connectivity index (χ2v) is 9.96. The first-order chi connectivity index (χ1) is 12.7. The molecule has 0 aliphatic carbocycles. The predicted molar refractivity (Wildman–Crippen MR) is 104 cm³/mol. The molecule has 0 heterocycles. The van der Waals surface area contributed by atoms with Gasteiger partial charge in [-0.1, -0.05) is 47.6 Å². The van der Waals surface area contributed by atoms with E-state index in [0.717, 1.165) is 11.1 Å². The highest BCUT2D eigenvalue weighted by Crippen LogP contribution is 2.37. The lowest BCUT2D eigenvalue weighted by atomic mass is 9.80. The summed E-state index contributed by atoms with van der Waals surface area (Å²) in [7, 11) is 0.623. The molecule has 1 unspecified atom stereocenters. The van der Waals surface area contributed by atoms with Crippen LogP contribution in [0.5, 0.6) is 5.75 Å². The van der Waals surface area contributed by atoms with Gasteiger partial charge in [0.25, 0.3) is 0 Å². The fourth-order valence-corrected chi connectivity index (χ4v) is 4.07. The van der Waals surface area contributed by atoms with E-state index >= 15 is 0 Å². The Bertz CT molecular complexity index is 882. The average Bonchev–Trinajstić information content (AvgIpc) is 2.59. The molecule has 0 spiro atoms. The van der Waals surface area contributed by atoms with Crippen molar-refractivity contribution in [1.82, 2.24) is 0 Å². The van der Waals surface area contributed by atoms with Crippen molar-refractivity contribution in [3.8, 4) is 5.75 Å². The summed E-state index contributed by atoms with van der Waals surface area (Å²) in [5.41, 5.74) is 1.03. The van der Waals surface area contributed by atoms with Crippen molar-refractivity contribution in [3.05, 3.63) is 52.3 Å². The SMILES string of the molecule is COc1c(Pc2c(F)c(F)c(F)c(F)c2F)cc(C(C)(C)C)cc1C(C)(C)C. The molecule has 0 radical (unpaired) electrons. The highest BCUT2D eigenvalue weighted by atomic mass is 31.1. The van der Waals surface area contributed by atoms with Gasteiger partial charge in [0.2, 0.25) is 5.82 Å². The third-order valence-electron chi connectivity index (χ3n) is 4.44. The van der Waals surface area contributed by atoms with Gasteiger partial charge >= 0.3 is 0 Å². The molecule has 0 bridgehead atoms. The molecule has 0 saturated heterocycles. The molecular weight excluding hydrogens is 394 g/mol. The molecule has 0 aromatic heterocycles. The molecule has 0 fully saturated rings. The van der Waals surface area contributed by atoms with Gasteiger partial charge in [0.1, 0.15) is 5.75 Å². The number of benzene rings is 2. The summed E-state index contributed by atoms with van der Waals surface area (Å²) in [6, 6.07) is 3.68. The first-order valence-corrected chi connectivity index (χ1v) is 9.71. The predicted octanol–water partition coefficient (Wildman–Crippen LogP) is 5.62. The molecule has 0 saturated carbocycles. The zero-order valence-electron chi connectivity index (χ0n) is 17.0. The largest absolute Gasteiger partial charge is 0.496 e. The van der Waals surface area contributed by atoms with Crippen molar-refractivity contribution in [2.45, 2.75) is 52.4 Å². The molecule has 28 heavy (non-hydrogen) atoms. The smallest absolute Gasteiger partial charge is 0.200 e. The van der Waals surface area contributed by atoms with E-state index in [4.69, 9.17) is 4.74 Å². The minimum atomic E-state index is -2.16. The van der Waals surface area contributed by atoms with Gasteiger partial charge in [0.15, 0.2) is 23.3 Å². The Kier molecular flexibility index (Phi) is 6.16. The van der Waals surface area contributed by atoms with Crippen LogP contribution in [0.2, 0.25) is 0 Å². The molecule has 0 aliphatic heterocycles. The van der Waals surface area contributed by atoms with Crippen LogP contribution in [0, 0.1) is 29.1 Å². The van der Waals surface area contributed by atoms with E-state index in [9.17, 15) is 22.0 Å². The van der Waals surface area contributed by atoms with Gasteiger partial charge in [-0.2, -0.15) is 0 Å². The second kappa shape index (κ2) is 7.62. The number of hydrogen-bond donors (Lipinski definition) is 0. The van der Waals surface area contributed by atoms with Crippen LogP contribution in [-0.4, -0.2) is 7.11 Å². The number of methoxy groups -OCH3 is 1. The van der Waals surface area contributed by atoms with Crippen LogP contribution in [0.1, 0.15) is 52.7 Å². The normalized spacial score (nSPS) is 12.9. The van der Waals surface area contributed by atoms with E-state index < -0.39 is 43.0 Å². The van der Waals surface area contributed by atoms with Crippen molar-refractivity contribution in [2.24, 2.45) is 0 Å². The highest BCUT2D eigenvalue weighted by molar-refractivity contribution is 7.55. The Hall–Kier alpha value is -1.68. The van der Waals surface area contributed by atoms with Crippen LogP contribution < -0.4 is 15.3 Å². The van der Waals surface area contributed by atoms with Gasteiger partial charge in [-0.05, 0) is 31.0 Å². The van der Waals surface area contributed by atoms with E-state index in [1.807, 2.05) is 47.6 Å². The summed E-state index contributed by atoms with van der Waals surface area (Å²) in [5, 5.41) is -0.455. The quantitative estimate of drug-likeness (QED) is 0.272. The monoisotopic (exact) mass is 418 g/mol. The minimum absolute atomic E-state index is 0.290. The van der Waals surface area contributed by atoms with Gasteiger partial charge in [0.05, 0.1) is 12.4 Å². The second-order valence-electron chi connectivity index (χ2n) is 8.67. The summed E-state index contributed by atoms with van der Waals surface area (Å²) in [5.74, 6) is -9.27. The standard InChI is InChI=1S/C21H24F5OP/c1-20(2,3)10-8-11(21(4,5)6)18(27-7)12(9-10)28-19-16(25)14(23)13(22)15(24)17(19)26/h8-9,28H,1-7H3. The zero-order valence-corrected chi connectivity index (χ0v) is 18.0. The van der Waals surface area contributed by atoms with Crippen molar-refractivity contribution < 1.29 is 26.7 Å². The van der Waals surface area contributed by atoms with E-state index in [1.165, 1.54) is 7.11 Å². The lowest BCUT2D eigenvalue weighted by molar-refractivity contribution is 0.384. The van der Waals surface area contributed by atoms with Crippen LogP contribution in [-0.2, 0) is 10.8 Å². The molecular formula is C21H24F5OP. The van der Waals surface area contributed by atoms with Crippen LogP contribution >= 0.6 is 8.58 Å². The zero-order chi connectivity index (χ0) is 21.6. The molecule has 2 rings (SSSR count). The van der Waals surface area contributed by atoms with Crippen molar-refractivity contribution in [1.29, 1.82) is 0 Å². The third-order valence-corrected chi connectivity index (χ3v) is 5.77. The summed E-state index contributed by atoms with van der Waals surface area (Å²) < 4.78 is 74.6. The minimum Gasteiger partial charge on any atom is -0.496 e. The maximum Gasteiger partial charge on any atom is 0.200 e. The highest BCUT2D eigenvalue weighted by Gasteiger charge is 2.29. The Morgan fingerprint density at radius 1 is 0.714 bits per heavy atom. The molecule has 1 nitrogen and oxygen atoms in total. The Balaban J connectivity index is 2.80. The molecule has 2 aromatic carbocycles.